The predicted molar refractivity (Wildman–Crippen MR) is 143 cm³/mol. The molecule has 4 rings (SSSR count). The maximum atomic E-state index is 14.3. The third-order valence-corrected chi connectivity index (χ3v) is 6.87. The van der Waals surface area contributed by atoms with Gasteiger partial charge in [0.2, 0.25) is 5.91 Å². The standard InChI is InChI=1S/C26H28BrFN4O7/c1-38-22-9-18-21(29-13-30-25(18)31-20-3-2-15(27)6-19(20)28)10-23(22)39-12-17(34)7-16(33)8-24(35)32-5-4-14(11-32)26(36)37/h2-3,6,9-10,13-14,16-17,33-34H,4-5,7-8,11-12H2,1H3,(H,36,37)(H,29,30,31). The number of benzene rings is 2. The van der Waals surface area contributed by atoms with E-state index in [1.165, 1.54) is 24.4 Å². The Kier molecular flexibility index (Phi) is 9.15. The molecule has 3 aromatic rings. The first-order valence-corrected chi connectivity index (χ1v) is 13.0. The van der Waals surface area contributed by atoms with E-state index in [1.54, 1.807) is 24.3 Å². The van der Waals surface area contributed by atoms with Crippen molar-refractivity contribution in [3.63, 3.8) is 0 Å². The highest BCUT2D eigenvalue weighted by molar-refractivity contribution is 9.10. The van der Waals surface area contributed by atoms with Crippen molar-refractivity contribution in [3.8, 4) is 11.5 Å². The van der Waals surface area contributed by atoms with Crippen LogP contribution in [0.2, 0.25) is 0 Å². The number of fused-ring (bicyclic) bond motifs is 1. The number of carboxylic acids is 1. The zero-order valence-electron chi connectivity index (χ0n) is 21.0. The number of amides is 1. The lowest BCUT2D eigenvalue weighted by atomic mass is 10.1. The van der Waals surface area contributed by atoms with Crippen molar-refractivity contribution in [2.75, 3.05) is 32.1 Å². The van der Waals surface area contributed by atoms with Crippen molar-refractivity contribution in [2.45, 2.75) is 31.5 Å². The maximum absolute atomic E-state index is 14.3. The Morgan fingerprint density at radius 2 is 2.00 bits per heavy atom. The van der Waals surface area contributed by atoms with E-state index in [0.29, 0.717) is 39.9 Å². The van der Waals surface area contributed by atoms with E-state index in [-0.39, 0.29) is 43.3 Å². The van der Waals surface area contributed by atoms with Crippen LogP contribution in [0.1, 0.15) is 19.3 Å². The number of halogens is 2. The van der Waals surface area contributed by atoms with Gasteiger partial charge >= 0.3 is 5.97 Å². The number of nitrogens with one attached hydrogen (secondary N) is 1. The summed E-state index contributed by atoms with van der Waals surface area (Å²) in [5.41, 5.74) is 0.704. The van der Waals surface area contributed by atoms with E-state index in [1.807, 2.05) is 0 Å². The van der Waals surface area contributed by atoms with E-state index in [2.05, 4.69) is 31.2 Å². The first-order valence-electron chi connectivity index (χ1n) is 12.2. The topological polar surface area (TPSA) is 154 Å². The molecule has 1 amide bonds. The summed E-state index contributed by atoms with van der Waals surface area (Å²) >= 11 is 3.23. The van der Waals surface area contributed by atoms with Crippen molar-refractivity contribution in [3.05, 3.63) is 46.9 Å². The fourth-order valence-corrected chi connectivity index (χ4v) is 4.66. The third-order valence-electron chi connectivity index (χ3n) is 6.38. The number of ether oxygens (including phenoxy) is 2. The number of hydrogen-bond donors (Lipinski definition) is 4. The number of likely N-dealkylation sites (tertiary alicyclic amines) is 1. The second-order valence-electron chi connectivity index (χ2n) is 9.21. The van der Waals surface area contributed by atoms with Crippen molar-refractivity contribution in [1.82, 2.24) is 14.9 Å². The molecule has 0 saturated carbocycles. The summed E-state index contributed by atoms with van der Waals surface area (Å²) in [6.07, 6.45) is -0.870. The number of carbonyl (C=O) groups is 2. The van der Waals surface area contributed by atoms with Crippen LogP contribution in [-0.4, -0.2) is 81.1 Å². The van der Waals surface area contributed by atoms with Crippen LogP contribution in [-0.2, 0) is 9.59 Å². The number of aliphatic hydroxyl groups excluding tert-OH is 2. The van der Waals surface area contributed by atoms with Crippen molar-refractivity contribution in [1.29, 1.82) is 0 Å². The van der Waals surface area contributed by atoms with E-state index in [0.717, 1.165) is 0 Å². The molecule has 1 fully saturated rings. The molecular formula is C26H28BrFN4O7. The number of hydrogen-bond acceptors (Lipinski definition) is 9. The van der Waals surface area contributed by atoms with Crippen LogP contribution in [0.25, 0.3) is 10.9 Å². The highest BCUT2D eigenvalue weighted by Crippen LogP contribution is 2.35. The van der Waals surface area contributed by atoms with Crippen LogP contribution >= 0.6 is 15.9 Å². The number of anilines is 2. The first-order chi connectivity index (χ1) is 18.6. The van der Waals surface area contributed by atoms with Gasteiger partial charge in [0, 0.05) is 35.4 Å². The smallest absolute Gasteiger partial charge is 0.308 e. The summed E-state index contributed by atoms with van der Waals surface area (Å²) in [6.45, 7) is 0.250. The normalized spacial score (nSPS) is 16.6. The van der Waals surface area contributed by atoms with Gasteiger partial charge < -0.3 is 35.0 Å². The molecule has 11 nitrogen and oxygen atoms in total. The minimum Gasteiger partial charge on any atom is -0.493 e. The van der Waals surface area contributed by atoms with Crippen molar-refractivity contribution < 1.29 is 38.8 Å². The maximum Gasteiger partial charge on any atom is 0.308 e. The number of carbonyl (C=O) groups excluding carboxylic acids is 1. The second-order valence-corrected chi connectivity index (χ2v) is 10.1. The number of aliphatic hydroxyl groups is 2. The highest BCUT2D eigenvalue weighted by atomic mass is 79.9. The monoisotopic (exact) mass is 606 g/mol. The molecule has 0 aliphatic carbocycles. The largest absolute Gasteiger partial charge is 0.493 e. The summed E-state index contributed by atoms with van der Waals surface area (Å²) in [5, 5.41) is 33.3. The van der Waals surface area contributed by atoms with Gasteiger partial charge in [-0.2, -0.15) is 0 Å². The van der Waals surface area contributed by atoms with Crippen molar-refractivity contribution in [2.24, 2.45) is 5.92 Å². The van der Waals surface area contributed by atoms with E-state index < -0.39 is 29.9 Å². The van der Waals surface area contributed by atoms with Crippen LogP contribution in [0.5, 0.6) is 11.5 Å². The fraction of sp³-hybridized carbons (Fsp3) is 0.385. The molecule has 208 valence electrons. The van der Waals surface area contributed by atoms with Crippen LogP contribution in [0, 0.1) is 11.7 Å². The molecule has 3 atom stereocenters. The number of rotatable bonds is 11. The molecule has 2 heterocycles. The van der Waals surface area contributed by atoms with Crippen molar-refractivity contribution >= 4 is 50.2 Å². The summed E-state index contributed by atoms with van der Waals surface area (Å²) in [6, 6.07) is 7.82. The number of nitrogens with zero attached hydrogens (tertiary/aromatic N) is 3. The third kappa shape index (κ3) is 7.11. The Labute approximate surface area is 231 Å². The molecule has 3 unspecified atom stereocenters. The van der Waals surface area contributed by atoms with Gasteiger partial charge in [0.25, 0.3) is 0 Å². The number of aromatic nitrogens is 2. The second kappa shape index (κ2) is 12.5. The predicted octanol–water partition coefficient (Wildman–Crippen LogP) is 3.10. The Morgan fingerprint density at radius 3 is 2.69 bits per heavy atom. The van der Waals surface area contributed by atoms with E-state index in [4.69, 9.17) is 14.6 Å². The Bertz CT molecular complexity index is 1360. The van der Waals surface area contributed by atoms with Gasteiger partial charge in [0.1, 0.15) is 24.6 Å². The Hall–Kier alpha value is -3.55. The Morgan fingerprint density at radius 1 is 1.21 bits per heavy atom. The van der Waals surface area contributed by atoms with Gasteiger partial charge in [-0.1, -0.05) is 15.9 Å². The number of aliphatic carboxylic acids is 1. The summed E-state index contributed by atoms with van der Waals surface area (Å²) in [5.74, 6) is -1.41. The Balaban J connectivity index is 1.37. The van der Waals surface area contributed by atoms with E-state index in [9.17, 15) is 24.2 Å². The van der Waals surface area contributed by atoms with Gasteiger partial charge in [-0.15, -0.1) is 0 Å². The summed E-state index contributed by atoms with van der Waals surface area (Å²) in [7, 11) is 1.44. The van der Waals surface area contributed by atoms with Crippen LogP contribution in [0.4, 0.5) is 15.9 Å². The minimum atomic E-state index is -1.13. The molecule has 1 aliphatic heterocycles. The van der Waals surface area contributed by atoms with Gasteiger partial charge in [0.05, 0.1) is 42.9 Å². The molecule has 2 aromatic carbocycles. The molecule has 0 radical (unpaired) electrons. The molecule has 0 spiro atoms. The summed E-state index contributed by atoms with van der Waals surface area (Å²) in [4.78, 5) is 33.3. The average Bonchev–Trinajstić information content (AvgIpc) is 3.40. The van der Waals surface area contributed by atoms with Crippen LogP contribution in [0.3, 0.4) is 0 Å². The zero-order chi connectivity index (χ0) is 28.1. The quantitative estimate of drug-likeness (QED) is 0.256. The fourth-order valence-electron chi connectivity index (χ4n) is 4.32. The van der Waals surface area contributed by atoms with Gasteiger partial charge in [-0.3, -0.25) is 9.59 Å². The van der Waals surface area contributed by atoms with Gasteiger partial charge in [-0.05, 0) is 30.7 Å². The first kappa shape index (κ1) is 28.5. The SMILES string of the molecule is COc1cc2c(Nc3ccc(Br)cc3F)ncnc2cc1OCC(O)CC(O)CC(=O)N1CCC(C(=O)O)C1. The molecule has 1 aromatic heterocycles. The molecule has 0 bridgehead atoms. The molecule has 1 aliphatic rings. The zero-order valence-corrected chi connectivity index (χ0v) is 22.6. The lowest BCUT2D eigenvalue weighted by molar-refractivity contribution is -0.141. The number of methoxy groups -OCH3 is 1. The van der Waals surface area contributed by atoms with E-state index >= 15 is 0 Å². The average molecular weight is 607 g/mol. The van der Waals surface area contributed by atoms with Gasteiger partial charge in [0.15, 0.2) is 11.5 Å². The molecule has 13 heteroatoms. The van der Waals surface area contributed by atoms with Gasteiger partial charge in [-0.25, -0.2) is 14.4 Å². The highest BCUT2D eigenvalue weighted by Gasteiger charge is 2.31. The molecule has 1 saturated heterocycles. The summed E-state index contributed by atoms with van der Waals surface area (Å²) < 4.78 is 26.1. The molecular weight excluding hydrogens is 579 g/mol. The molecule has 4 N–H and O–H groups in total. The van der Waals surface area contributed by atoms with Crippen LogP contribution in [0.15, 0.2) is 41.1 Å². The lowest BCUT2D eigenvalue weighted by Gasteiger charge is -2.20. The van der Waals surface area contributed by atoms with Crippen LogP contribution < -0.4 is 14.8 Å². The lowest BCUT2D eigenvalue weighted by Crippen LogP contribution is -2.34. The molecule has 39 heavy (non-hydrogen) atoms. The minimum absolute atomic E-state index is 0.118. The number of carboxylic acid groups (broad SMARTS) is 1.